The molecule has 0 aliphatic carbocycles. The van der Waals surface area contributed by atoms with Crippen LogP contribution in [-0.4, -0.2) is 0 Å². The van der Waals surface area contributed by atoms with E-state index in [0.717, 1.165) is 15.0 Å². The fourth-order valence-corrected chi connectivity index (χ4v) is 2.85. The zero-order valence-corrected chi connectivity index (χ0v) is 10.2. The van der Waals surface area contributed by atoms with E-state index in [-0.39, 0.29) is 0 Å². The van der Waals surface area contributed by atoms with Crippen molar-refractivity contribution < 1.29 is 0 Å². The van der Waals surface area contributed by atoms with Gasteiger partial charge in [-0.15, -0.1) is 11.3 Å². The average Bonchev–Trinajstić information content (AvgIpc) is 2.57. The molecule has 1 nitrogen and oxygen atoms in total. The van der Waals surface area contributed by atoms with Gasteiger partial charge in [0.25, 0.3) is 0 Å². The number of hydrogen-bond acceptors (Lipinski definition) is 2. The highest BCUT2D eigenvalue weighted by atomic mass is 79.9. The van der Waals surface area contributed by atoms with E-state index in [9.17, 15) is 0 Å². The van der Waals surface area contributed by atoms with E-state index >= 15 is 0 Å². The second-order valence-electron chi connectivity index (χ2n) is 3.12. The first-order valence-electron chi connectivity index (χ1n) is 4.29. The molecule has 0 atom stereocenters. The van der Waals surface area contributed by atoms with Gasteiger partial charge in [-0.25, -0.2) is 0 Å². The standard InChI is InChI=1S/C11H10BrNS/c1-7-8(3-2-4-9(7)13)10-5-6-11(12)14-10/h2-6H,13H2,1H3. The molecule has 2 N–H and O–H groups in total. The van der Waals surface area contributed by atoms with Gasteiger partial charge < -0.3 is 5.73 Å². The quantitative estimate of drug-likeness (QED) is 0.775. The van der Waals surface area contributed by atoms with Gasteiger partial charge in [-0.1, -0.05) is 12.1 Å². The molecule has 1 aromatic carbocycles. The summed E-state index contributed by atoms with van der Waals surface area (Å²) in [4.78, 5) is 1.25. The largest absolute Gasteiger partial charge is 0.398 e. The van der Waals surface area contributed by atoms with Crippen molar-refractivity contribution in [2.24, 2.45) is 0 Å². The molecule has 3 heteroatoms. The van der Waals surface area contributed by atoms with Crippen molar-refractivity contribution in [1.82, 2.24) is 0 Å². The molecule has 2 rings (SSSR count). The Bertz CT molecular complexity index is 462. The summed E-state index contributed by atoms with van der Waals surface area (Å²) in [7, 11) is 0. The Labute approximate surface area is 95.7 Å². The topological polar surface area (TPSA) is 26.0 Å². The monoisotopic (exact) mass is 267 g/mol. The number of rotatable bonds is 1. The first-order valence-corrected chi connectivity index (χ1v) is 5.90. The van der Waals surface area contributed by atoms with Crippen molar-refractivity contribution in [1.29, 1.82) is 0 Å². The summed E-state index contributed by atoms with van der Waals surface area (Å²) in [6, 6.07) is 10.2. The number of hydrogen-bond donors (Lipinski definition) is 1. The highest BCUT2D eigenvalue weighted by Gasteiger charge is 2.05. The molecular formula is C11H10BrNS. The van der Waals surface area contributed by atoms with Crippen LogP contribution in [0, 0.1) is 6.92 Å². The van der Waals surface area contributed by atoms with Crippen molar-refractivity contribution in [2.75, 3.05) is 5.73 Å². The summed E-state index contributed by atoms with van der Waals surface area (Å²) >= 11 is 5.18. The second kappa shape index (κ2) is 3.75. The number of thiophene rings is 1. The molecule has 0 spiro atoms. The Hall–Kier alpha value is -0.800. The fraction of sp³-hybridized carbons (Fsp3) is 0.0909. The second-order valence-corrected chi connectivity index (χ2v) is 5.59. The summed E-state index contributed by atoms with van der Waals surface area (Å²) in [5.41, 5.74) is 9.09. The Balaban J connectivity index is 2.57. The molecule has 14 heavy (non-hydrogen) atoms. The lowest BCUT2D eigenvalue weighted by molar-refractivity contribution is 1.47. The SMILES string of the molecule is Cc1c(N)cccc1-c1ccc(Br)s1. The molecule has 0 unspecified atom stereocenters. The van der Waals surface area contributed by atoms with Crippen LogP contribution in [0.25, 0.3) is 10.4 Å². The lowest BCUT2D eigenvalue weighted by atomic mass is 10.1. The highest BCUT2D eigenvalue weighted by Crippen LogP contribution is 2.34. The molecule has 0 amide bonds. The van der Waals surface area contributed by atoms with Crippen molar-refractivity contribution in [2.45, 2.75) is 6.92 Å². The first kappa shape index (κ1) is 9.74. The molecule has 0 aliphatic rings. The number of nitrogens with two attached hydrogens (primary N) is 1. The molecule has 72 valence electrons. The molecule has 2 aromatic rings. The molecule has 0 bridgehead atoms. The predicted octanol–water partition coefficient (Wildman–Crippen LogP) is 4.07. The minimum Gasteiger partial charge on any atom is -0.398 e. The van der Waals surface area contributed by atoms with Gasteiger partial charge >= 0.3 is 0 Å². The van der Waals surface area contributed by atoms with Gasteiger partial charge in [0.2, 0.25) is 0 Å². The minimum absolute atomic E-state index is 0.854. The minimum atomic E-state index is 0.854. The summed E-state index contributed by atoms with van der Waals surface area (Å²) in [6.45, 7) is 2.05. The van der Waals surface area contributed by atoms with Crippen LogP contribution in [-0.2, 0) is 0 Å². The van der Waals surface area contributed by atoms with E-state index in [1.165, 1.54) is 10.4 Å². The van der Waals surface area contributed by atoms with Crippen LogP contribution in [0.5, 0.6) is 0 Å². The molecule has 0 saturated heterocycles. The Morgan fingerprint density at radius 1 is 1.21 bits per heavy atom. The third-order valence-electron chi connectivity index (χ3n) is 2.21. The van der Waals surface area contributed by atoms with Crippen molar-refractivity contribution in [3.05, 3.63) is 39.7 Å². The van der Waals surface area contributed by atoms with Crippen LogP contribution in [0.4, 0.5) is 5.69 Å². The van der Waals surface area contributed by atoms with Crippen LogP contribution in [0.2, 0.25) is 0 Å². The lowest BCUT2D eigenvalue weighted by Gasteiger charge is -2.05. The van der Waals surface area contributed by atoms with Crippen molar-refractivity contribution in [3.8, 4) is 10.4 Å². The average molecular weight is 268 g/mol. The molecule has 0 radical (unpaired) electrons. The van der Waals surface area contributed by atoms with Crippen LogP contribution >= 0.6 is 27.3 Å². The number of nitrogen functional groups attached to an aromatic ring is 1. The normalized spacial score (nSPS) is 10.4. The van der Waals surface area contributed by atoms with Gasteiger partial charge in [0.15, 0.2) is 0 Å². The number of halogens is 1. The molecule has 0 fully saturated rings. The van der Waals surface area contributed by atoms with Gasteiger partial charge in [-0.2, -0.15) is 0 Å². The maximum atomic E-state index is 5.86. The number of benzene rings is 1. The third kappa shape index (κ3) is 1.70. The van der Waals surface area contributed by atoms with E-state index in [0.29, 0.717) is 0 Å². The van der Waals surface area contributed by atoms with E-state index in [1.54, 1.807) is 11.3 Å². The summed E-state index contributed by atoms with van der Waals surface area (Å²) in [5, 5.41) is 0. The Kier molecular flexibility index (Phi) is 2.61. The van der Waals surface area contributed by atoms with Crippen LogP contribution < -0.4 is 5.73 Å². The fourth-order valence-electron chi connectivity index (χ4n) is 1.38. The van der Waals surface area contributed by atoms with E-state index in [1.807, 2.05) is 12.1 Å². The third-order valence-corrected chi connectivity index (χ3v) is 3.87. The summed E-state index contributed by atoms with van der Waals surface area (Å²) in [5.74, 6) is 0. The Morgan fingerprint density at radius 3 is 2.64 bits per heavy atom. The van der Waals surface area contributed by atoms with E-state index in [2.05, 4.69) is 41.1 Å². The van der Waals surface area contributed by atoms with Gasteiger partial charge in [-0.3, -0.25) is 0 Å². The van der Waals surface area contributed by atoms with Crippen molar-refractivity contribution in [3.63, 3.8) is 0 Å². The molecular weight excluding hydrogens is 258 g/mol. The van der Waals surface area contributed by atoms with E-state index in [4.69, 9.17) is 5.73 Å². The summed E-state index contributed by atoms with van der Waals surface area (Å²) < 4.78 is 1.15. The Morgan fingerprint density at radius 2 is 2.00 bits per heavy atom. The lowest BCUT2D eigenvalue weighted by Crippen LogP contribution is -1.90. The maximum Gasteiger partial charge on any atom is 0.0705 e. The molecule has 1 aromatic heterocycles. The molecule has 0 aliphatic heterocycles. The van der Waals surface area contributed by atoms with Gasteiger partial charge in [-0.05, 0) is 52.2 Å². The first-order chi connectivity index (χ1) is 6.68. The van der Waals surface area contributed by atoms with E-state index < -0.39 is 0 Å². The summed E-state index contributed by atoms with van der Waals surface area (Å²) in [6.07, 6.45) is 0. The molecule has 0 saturated carbocycles. The van der Waals surface area contributed by atoms with Crippen LogP contribution in [0.15, 0.2) is 34.1 Å². The number of anilines is 1. The van der Waals surface area contributed by atoms with Gasteiger partial charge in [0.1, 0.15) is 0 Å². The van der Waals surface area contributed by atoms with Gasteiger partial charge in [0.05, 0.1) is 3.79 Å². The van der Waals surface area contributed by atoms with Crippen LogP contribution in [0.1, 0.15) is 5.56 Å². The van der Waals surface area contributed by atoms with Crippen molar-refractivity contribution >= 4 is 33.0 Å². The smallest absolute Gasteiger partial charge is 0.0705 e. The zero-order valence-electron chi connectivity index (χ0n) is 7.75. The molecule has 1 heterocycles. The van der Waals surface area contributed by atoms with Gasteiger partial charge in [0, 0.05) is 10.6 Å². The maximum absolute atomic E-state index is 5.86. The zero-order chi connectivity index (χ0) is 10.1. The predicted molar refractivity (Wildman–Crippen MR) is 66.6 cm³/mol. The van der Waals surface area contributed by atoms with Crippen LogP contribution in [0.3, 0.4) is 0 Å². The highest BCUT2D eigenvalue weighted by molar-refractivity contribution is 9.11.